The topological polar surface area (TPSA) is 30.2 Å². The summed E-state index contributed by atoms with van der Waals surface area (Å²) < 4.78 is 4.58. The molecule has 1 heterocycles. The highest BCUT2D eigenvalue weighted by atomic mass is 35.5. The molecule has 0 aromatic carbocycles. The average molecular weight is 181 g/mol. The van der Waals surface area contributed by atoms with Crippen LogP contribution in [-0.2, 0) is 4.79 Å². The van der Waals surface area contributed by atoms with Crippen molar-refractivity contribution in [2.24, 2.45) is 0 Å². The number of hydrogen-bond acceptors (Lipinski definition) is 2. The Labute approximate surface area is 68.7 Å². The summed E-state index contributed by atoms with van der Waals surface area (Å²) in [5.41, 5.74) is 0. The van der Waals surface area contributed by atoms with E-state index < -0.39 is 5.24 Å². The molecular formula is C6H6Cl2O2. The first-order valence-electron chi connectivity index (χ1n) is 2.49. The third-order valence-electron chi connectivity index (χ3n) is 0.530. The molecule has 0 saturated carbocycles. The zero-order valence-corrected chi connectivity index (χ0v) is 6.60. The highest BCUT2D eigenvalue weighted by Crippen LogP contribution is 1.80. The Morgan fingerprint density at radius 2 is 1.80 bits per heavy atom. The Kier molecular flexibility index (Phi) is 6.33. The minimum atomic E-state index is -0.508. The number of hydrogen-bond donors (Lipinski definition) is 0. The van der Waals surface area contributed by atoms with Gasteiger partial charge in [0.15, 0.2) is 0 Å². The smallest absolute Gasteiger partial charge is 0.236 e. The van der Waals surface area contributed by atoms with E-state index in [4.69, 9.17) is 23.2 Å². The van der Waals surface area contributed by atoms with Gasteiger partial charge in [0.25, 0.3) is 0 Å². The molecule has 0 atom stereocenters. The summed E-state index contributed by atoms with van der Waals surface area (Å²) in [5.74, 6) is -0.0957. The monoisotopic (exact) mass is 180 g/mol. The lowest BCUT2D eigenvalue weighted by Gasteiger charge is -1.65. The van der Waals surface area contributed by atoms with Crippen LogP contribution in [0.1, 0.15) is 0 Å². The van der Waals surface area contributed by atoms with E-state index in [-0.39, 0.29) is 5.88 Å². The van der Waals surface area contributed by atoms with Gasteiger partial charge >= 0.3 is 0 Å². The predicted molar refractivity (Wildman–Crippen MR) is 40.3 cm³/mol. The van der Waals surface area contributed by atoms with Gasteiger partial charge in [0, 0.05) is 0 Å². The zero-order chi connectivity index (χ0) is 7.82. The molecule has 0 aliphatic heterocycles. The number of furan rings is 1. The summed E-state index contributed by atoms with van der Waals surface area (Å²) in [5, 5.41) is -0.508. The van der Waals surface area contributed by atoms with E-state index in [1.807, 2.05) is 12.1 Å². The molecule has 1 rings (SSSR count). The van der Waals surface area contributed by atoms with Gasteiger partial charge in [-0.3, -0.25) is 4.79 Å². The SMILES string of the molecule is O=C(Cl)CCl.c1ccoc1. The highest BCUT2D eigenvalue weighted by Gasteiger charge is 1.83. The Bertz CT molecular complexity index is 143. The van der Waals surface area contributed by atoms with Gasteiger partial charge in [-0.25, -0.2) is 0 Å². The molecule has 0 fully saturated rings. The number of carbonyl (C=O) groups is 1. The average Bonchev–Trinajstić information content (AvgIpc) is 2.43. The molecule has 0 aliphatic carbocycles. The van der Waals surface area contributed by atoms with E-state index >= 15 is 0 Å². The maximum absolute atomic E-state index is 9.45. The summed E-state index contributed by atoms with van der Waals surface area (Å²) in [6, 6.07) is 3.67. The maximum atomic E-state index is 9.45. The van der Waals surface area contributed by atoms with Gasteiger partial charge in [-0.1, -0.05) is 0 Å². The van der Waals surface area contributed by atoms with Gasteiger partial charge in [0.05, 0.1) is 18.4 Å². The molecule has 1 aromatic rings. The van der Waals surface area contributed by atoms with Crippen LogP contribution < -0.4 is 0 Å². The van der Waals surface area contributed by atoms with Crippen molar-refractivity contribution >= 4 is 28.4 Å². The third-order valence-corrected chi connectivity index (χ3v) is 1.04. The summed E-state index contributed by atoms with van der Waals surface area (Å²) in [6.07, 6.45) is 3.25. The van der Waals surface area contributed by atoms with Gasteiger partial charge in [-0.15, -0.1) is 11.6 Å². The minimum Gasteiger partial charge on any atom is -0.473 e. The van der Waals surface area contributed by atoms with Gasteiger partial charge in [-0.05, 0) is 23.7 Å². The van der Waals surface area contributed by atoms with Crippen molar-refractivity contribution in [3.63, 3.8) is 0 Å². The van der Waals surface area contributed by atoms with E-state index in [9.17, 15) is 4.79 Å². The quantitative estimate of drug-likeness (QED) is 0.491. The lowest BCUT2D eigenvalue weighted by atomic mass is 10.7. The first kappa shape index (κ1) is 9.53. The summed E-state index contributed by atoms with van der Waals surface area (Å²) >= 11 is 9.55. The van der Waals surface area contributed by atoms with Gasteiger partial charge < -0.3 is 4.42 Å². The second kappa shape index (κ2) is 6.65. The van der Waals surface area contributed by atoms with Crippen LogP contribution in [0.5, 0.6) is 0 Å². The van der Waals surface area contributed by atoms with Crippen molar-refractivity contribution in [1.29, 1.82) is 0 Å². The van der Waals surface area contributed by atoms with E-state index in [2.05, 4.69) is 4.42 Å². The van der Waals surface area contributed by atoms with Crippen LogP contribution in [0.4, 0.5) is 0 Å². The van der Waals surface area contributed by atoms with Crippen molar-refractivity contribution in [3.8, 4) is 0 Å². The fraction of sp³-hybridized carbons (Fsp3) is 0.167. The molecule has 0 spiro atoms. The zero-order valence-electron chi connectivity index (χ0n) is 5.09. The molecule has 4 heteroatoms. The molecule has 0 bridgehead atoms. The van der Waals surface area contributed by atoms with Crippen molar-refractivity contribution in [1.82, 2.24) is 0 Å². The number of carbonyl (C=O) groups excluding carboxylic acids is 1. The fourth-order valence-corrected chi connectivity index (χ4v) is 0.227. The van der Waals surface area contributed by atoms with Crippen LogP contribution in [0, 0.1) is 0 Å². The lowest BCUT2D eigenvalue weighted by Crippen LogP contribution is -1.81. The molecule has 10 heavy (non-hydrogen) atoms. The molecule has 56 valence electrons. The molecule has 0 radical (unpaired) electrons. The summed E-state index contributed by atoms with van der Waals surface area (Å²) in [4.78, 5) is 9.45. The van der Waals surface area contributed by atoms with Crippen LogP contribution in [0.2, 0.25) is 0 Å². The molecule has 1 aromatic heterocycles. The second-order valence-corrected chi connectivity index (χ2v) is 1.97. The van der Waals surface area contributed by atoms with Gasteiger partial charge in [-0.2, -0.15) is 0 Å². The van der Waals surface area contributed by atoms with E-state index in [0.29, 0.717) is 0 Å². The van der Waals surface area contributed by atoms with E-state index in [0.717, 1.165) is 0 Å². The molecule has 0 saturated heterocycles. The number of halogens is 2. The van der Waals surface area contributed by atoms with Crippen LogP contribution in [0.25, 0.3) is 0 Å². The van der Waals surface area contributed by atoms with Crippen molar-refractivity contribution < 1.29 is 9.21 Å². The maximum Gasteiger partial charge on any atom is 0.236 e. The molecule has 0 amide bonds. The normalized spacial score (nSPS) is 7.80. The van der Waals surface area contributed by atoms with Crippen molar-refractivity contribution in [2.45, 2.75) is 0 Å². The Morgan fingerprint density at radius 1 is 1.40 bits per heavy atom. The summed E-state index contributed by atoms with van der Waals surface area (Å²) in [7, 11) is 0. The molecule has 0 N–H and O–H groups in total. The Hall–Kier alpha value is -0.470. The van der Waals surface area contributed by atoms with Gasteiger partial charge in [0.2, 0.25) is 5.24 Å². The largest absolute Gasteiger partial charge is 0.473 e. The molecule has 0 aliphatic rings. The fourth-order valence-electron chi connectivity index (χ4n) is 0.227. The van der Waals surface area contributed by atoms with Gasteiger partial charge in [0.1, 0.15) is 0 Å². The van der Waals surface area contributed by atoms with E-state index in [1.165, 1.54) is 0 Å². The third kappa shape index (κ3) is 7.53. The standard InChI is InChI=1S/C4H4O.C2H2Cl2O/c1-2-4-5-3-1;3-1-2(4)5/h1-4H;1H2. The summed E-state index contributed by atoms with van der Waals surface area (Å²) in [6.45, 7) is 0. The van der Waals surface area contributed by atoms with Crippen LogP contribution in [-0.4, -0.2) is 11.1 Å². The van der Waals surface area contributed by atoms with E-state index in [1.54, 1.807) is 12.5 Å². The first-order chi connectivity index (χ1) is 4.77. The molecule has 2 nitrogen and oxygen atoms in total. The van der Waals surface area contributed by atoms with Crippen molar-refractivity contribution in [2.75, 3.05) is 5.88 Å². The number of rotatable bonds is 1. The molecular weight excluding hydrogens is 175 g/mol. The van der Waals surface area contributed by atoms with Crippen molar-refractivity contribution in [3.05, 3.63) is 24.7 Å². The Balaban J connectivity index is 0.000000162. The predicted octanol–water partition coefficient (Wildman–Crippen LogP) is 2.27. The molecule has 0 unspecified atom stereocenters. The number of alkyl halides is 1. The van der Waals surface area contributed by atoms with Crippen LogP contribution >= 0.6 is 23.2 Å². The second-order valence-electron chi connectivity index (χ2n) is 1.28. The first-order valence-corrected chi connectivity index (χ1v) is 3.40. The highest BCUT2D eigenvalue weighted by molar-refractivity contribution is 6.67. The van der Waals surface area contributed by atoms with Crippen LogP contribution in [0.3, 0.4) is 0 Å². The lowest BCUT2D eigenvalue weighted by molar-refractivity contribution is -0.109. The minimum absolute atomic E-state index is 0.0957. The Morgan fingerprint density at radius 3 is 1.90 bits per heavy atom. The van der Waals surface area contributed by atoms with Crippen LogP contribution in [0.15, 0.2) is 29.1 Å².